The molecule has 1 aromatic heterocycles. The first kappa shape index (κ1) is 15.9. The Balaban J connectivity index is 1.50. The lowest BCUT2D eigenvalue weighted by atomic mass is 9.80. The minimum Gasteiger partial charge on any atom is -0.388 e. The summed E-state index contributed by atoms with van der Waals surface area (Å²) in [7, 11) is 1.93. The van der Waals surface area contributed by atoms with E-state index in [9.17, 15) is 5.11 Å². The third-order valence-electron chi connectivity index (χ3n) is 5.04. The molecule has 0 spiro atoms. The van der Waals surface area contributed by atoms with E-state index in [4.69, 9.17) is 4.74 Å². The van der Waals surface area contributed by atoms with Gasteiger partial charge in [-0.1, -0.05) is 0 Å². The van der Waals surface area contributed by atoms with Crippen LogP contribution in [-0.2, 0) is 18.2 Å². The summed E-state index contributed by atoms with van der Waals surface area (Å²) in [4.78, 5) is 2.42. The minimum absolute atomic E-state index is 0.470. The predicted octanol–water partition coefficient (Wildman–Crippen LogP) is 1.000. The van der Waals surface area contributed by atoms with Crippen molar-refractivity contribution in [3.05, 3.63) is 12.2 Å². The number of aryl methyl sites for hydroxylation is 1. The van der Waals surface area contributed by atoms with Crippen LogP contribution in [0.1, 0.15) is 38.4 Å². The highest BCUT2D eigenvalue weighted by Crippen LogP contribution is 2.33. The van der Waals surface area contributed by atoms with Crippen molar-refractivity contribution in [3.63, 3.8) is 0 Å². The second-order valence-corrected chi connectivity index (χ2v) is 7.01. The molecule has 6 nitrogen and oxygen atoms in total. The van der Waals surface area contributed by atoms with Gasteiger partial charge in [0.15, 0.2) is 0 Å². The topological polar surface area (TPSA) is 63.4 Å². The van der Waals surface area contributed by atoms with Crippen LogP contribution in [0.5, 0.6) is 0 Å². The SMILES string of the molecule is CCOC1CC(CN2CCCC(O)(Cc3nncn3C)C2)C1. The van der Waals surface area contributed by atoms with Crippen molar-refractivity contribution < 1.29 is 9.84 Å². The van der Waals surface area contributed by atoms with Crippen LogP contribution in [0.15, 0.2) is 6.33 Å². The number of hydrogen-bond donors (Lipinski definition) is 1. The lowest BCUT2D eigenvalue weighted by Gasteiger charge is -2.43. The zero-order valence-corrected chi connectivity index (χ0v) is 13.7. The molecule has 1 unspecified atom stereocenters. The summed E-state index contributed by atoms with van der Waals surface area (Å²) in [5, 5.41) is 19.0. The molecule has 3 rings (SSSR count). The van der Waals surface area contributed by atoms with Crippen LogP contribution in [0.3, 0.4) is 0 Å². The number of piperidine rings is 1. The van der Waals surface area contributed by atoms with Crippen LogP contribution < -0.4 is 0 Å². The molecule has 0 amide bonds. The number of β-amino-alcohol motifs (C(OH)–C–C–N with tert-alkyl or cyclic N) is 1. The summed E-state index contributed by atoms with van der Waals surface area (Å²) in [5.74, 6) is 1.60. The second-order valence-electron chi connectivity index (χ2n) is 7.01. The fourth-order valence-electron chi connectivity index (χ4n) is 3.83. The van der Waals surface area contributed by atoms with Crippen LogP contribution in [0.25, 0.3) is 0 Å². The highest BCUT2D eigenvalue weighted by atomic mass is 16.5. The minimum atomic E-state index is -0.665. The number of aromatic nitrogens is 3. The Bertz CT molecular complexity index is 486. The molecule has 0 bridgehead atoms. The van der Waals surface area contributed by atoms with Crippen LogP contribution in [0.4, 0.5) is 0 Å². The van der Waals surface area contributed by atoms with E-state index in [1.165, 1.54) is 12.8 Å². The first-order valence-electron chi connectivity index (χ1n) is 8.47. The number of likely N-dealkylation sites (tertiary alicyclic amines) is 1. The van der Waals surface area contributed by atoms with Gasteiger partial charge in [0.05, 0.1) is 11.7 Å². The zero-order valence-electron chi connectivity index (χ0n) is 13.7. The summed E-state index contributed by atoms with van der Waals surface area (Å²) in [5.41, 5.74) is -0.665. The zero-order chi connectivity index (χ0) is 15.6. The van der Waals surface area contributed by atoms with Crippen LogP contribution in [-0.4, -0.2) is 62.7 Å². The molecule has 0 radical (unpaired) electrons. The largest absolute Gasteiger partial charge is 0.388 e. The third-order valence-corrected chi connectivity index (χ3v) is 5.04. The lowest BCUT2D eigenvalue weighted by molar-refractivity contribution is -0.0621. The molecule has 0 aromatic carbocycles. The van der Waals surface area contributed by atoms with E-state index in [2.05, 4.69) is 22.0 Å². The van der Waals surface area contributed by atoms with Crippen molar-refractivity contribution in [1.29, 1.82) is 0 Å². The van der Waals surface area contributed by atoms with Crippen molar-refractivity contribution in [2.24, 2.45) is 13.0 Å². The highest BCUT2D eigenvalue weighted by molar-refractivity contribution is 4.98. The Morgan fingerprint density at radius 3 is 2.95 bits per heavy atom. The van der Waals surface area contributed by atoms with Gasteiger partial charge in [0.1, 0.15) is 12.2 Å². The molecule has 2 aliphatic rings. The molecular formula is C16H28N4O2. The molecule has 1 atom stereocenters. The predicted molar refractivity (Wildman–Crippen MR) is 83.5 cm³/mol. The quantitative estimate of drug-likeness (QED) is 0.849. The van der Waals surface area contributed by atoms with Gasteiger partial charge in [0, 0.05) is 33.2 Å². The standard InChI is InChI=1S/C16H28N4O2/c1-3-22-14-7-13(8-14)10-20-6-4-5-16(21,11-20)9-15-18-17-12-19(15)2/h12-14,21H,3-11H2,1-2H3. The van der Waals surface area contributed by atoms with E-state index in [0.29, 0.717) is 12.5 Å². The summed E-state index contributed by atoms with van der Waals surface area (Å²) in [6.45, 7) is 5.81. The maximum atomic E-state index is 10.9. The van der Waals surface area contributed by atoms with Gasteiger partial charge in [0.2, 0.25) is 0 Å². The fourth-order valence-corrected chi connectivity index (χ4v) is 3.83. The average molecular weight is 308 g/mol. The van der Waals surface area contributed by atoms with Crippen molar-refractivity contribution in [2.75, 3.05) is 26.2 Å². The Labute approximate surface area is 132 Å². The van der Waals surface area contributed by atoms with Gasteiger partial charge in [-0.2, -0.15) is 0 Å². The Kier molecular flexibility index (Phi) is 4.80. The number of nitrogens with zero attached hydrogens (tertiary/aromatic N) is 4. The van der Waals surface area contributed by atoms with Gasteiger partial charge in [0.25, 0.3) is 0 Å². The molecule has 1 saturated carbocycles. The smallest absolute Gasteiger partial charge is 0.135 e. The van der Waals surface area contributed by atoms with Crippen molar-refractivity contribution in [2.45, 2.75) is 50.7 Å². The van der Waals surface area contributed by atoms with Crippen LogP contribution >= 0.6 is 0 Å². The normalized spacial score (nSPS) is 32.9. The van der Waals surface area contributed by atoms with Gasteiger partial charge in [-0.3, -0.25) is 0 Å². The highest BCUT2D eigenvalue weighted by Gasteiger charge is 2.37. The molecule has 1 N–H and O–H groups in total. The second kappa shape index (κ2) is 6.64. The number of rotatable bonds is 6. The number of ether oxygens (including phenoxy) is 1. The fraction of sp³-hybridized carbons (Fsp3) is 0.875. The number of hydrogen-bond acceptors (Lipinski definition) is 5. The third kappa shape index (κ3) is 3.67. The monoisotopic (exact) mass is 308 g/mol. The molecular weight excluding hydrogens is 280 g/mol. The molecule has 1 aliphatic heterocycles. The maximum Gasteiger partial charge on any atom is 0.135 e. The average Bonchev–Trinajstić information content (AvgIpc) is 2.81. The first-order valence-corrected chi connectivity index (χ1v) is 8.47. The molecule has 2 fully saturated rings. The van der Waals surface area contributed by atoms with E-state index in [1.54, 1.807) is 6.33 Å². The Hall–Kier alpha value is -0.980. The van der Waals surface area contributed by atoms with Crippen molar-refractivity contribution in [1.82, 2.24) is 19.7 Å². The lowest BCUT2D eigenvalue weighted by Crippen LogP contribution is -2.52. The Morgan fingerprint density at radius 2 is 2.27 bits per heavy atom. The van der Waals surface area contributed by atoms with Gasteiger partial charge < -0.3 is 19.3 Å². The molecule has 2 heterocycles. The molecule has 6 heteroatoms. The van der Waals surface area contributed by atoms with Gasteiger partial charge in [-0.25, -0.2) is 0 Å². The molecule has 22 heavy (non-hydrogen) atoms. The van der Waals surface area contributed by atoms with E-state index < -0.39 is 5.60 Å². The van der Waals surface area contributed by atoms with Crippen LogP contribution in [0.2, 0.25) is 0 Å². The van der Waals surface area contributed by atoms with Gasteiger partial charge >= 0.3 is 0 Å². The summed E-state index contributed by atoms with van der Waals surface area (Å²) < 4.78 is 7.53. The summed E-state index contributed by atoms with van der Waals surface area (Å²) in [6.07, 6.45) is 7.00. The van der Waals surface area contributed by atoms with E-state index in [0.717, 1.165) is 50.8 Å². The summed E-state index contributed by atoms with van der Waals surface area (Å²) in [6, 6.07) is 0. The summed E-state index contributed by atoms with van der Waals surface area (Å²) >= 11 is 0. The first-order chi connectivity index (χ1) is 10.6. The van der Waals surface area contributed by atoms with E-state index >= 15 is 0 Å². The van der Waals surface area contributed by atoms with Crippen molar-refractivity contribution in [3.8, 4) is 0 Å². The molecule has 1 aliphatic carbocycles. The maximum absolute atomic E-state index is 10.9. The molecule has 124 valence electrons. The number of aliphatic hydroxyl groups is 1. The molecule has 1 aromatic rings. The van der Waals surface area contributed by atoms with E-state index in [1.807, 2.05) is 11.6 Å². The van der Waals surface area contributed by atoms with Crippen LogP contribution in [0, 0.1) is 5.92 Å². The van der Waals surface area contributed by atoms with E-state index in [-0.39, 0.29) is 0 Å². The van der Waals surface area contributed by atoms with Gasteiger partial charge in [-0.05, 0) is 45.1 Å². The Morgan fingerprint density at radius 1 is 1.45 bits per heavy atom. The van der Waals surface area contributed by atoms with Crippen molar-refractivity contribution >= 4 is 0 Å². The molecule has 1 saturated heterocycles. The van der Waals surface area contributed by atoms with Gasteiger partial charge in [-0.15, -0.1) is 10.2 Å².